The number of nitrogens with zero attached hydrogens (tertiary/aromatic N) is 1. The second kappa shape index (κ2) is 6.89. The first-order valence-electron chi connectivity index (χ1n) is 9.70. The summed E-state index contributed by atoms with van der Waals surface area (Å²) in [7, 11) is 0. The second-order valence-electron chi connectivity index (χ2n) is 8.02. The molecule has 0 bridgehead atoms. The molecule has 24 heavy (non-hydrogen) atoms. The van der Waals surface area contributed by atoms with Crippen molar-refractivity contribution in [2.75, 3.05) is 13.1 Å². The fourth-order valence-corrected chi connectivity index (χ4v) is 4.18. The van der Waals surface area contributed by atoms with Gasteiger partial charge in [0.05, 0.1) is 6.10 Å². The number of fused-ring (bicyclic) bond motifs is 1. The summed E-state index contributed by atoms with van der Waals surface area (Å²) in [6, 6.07) is 7.46. The quantitative estimate of drug-likeness (QED) is 0.810. The molecule has 130 valence electrons. The Kier molecular flexibility index (Phi) is 4.64. The lowest BCUT2D eigenvalue weighted by molar-refractivity contribution is 0.185. The molecule has 3 heteroatoms. The summed E-state index contributed by atoms with van der Waals surface area (Å²) < 4.78 is 0. The minimum Gasteiger partial charge on any atom is -0.393 e. The van der Waals surface area contributed by atoms with Crippen molar-refractivity contribution in [1.29, 1.82) is 0 Å². The van der Waals surface area contributed by atoms with Gasteiger partial charge >= 0.3 is 0 Å². The normalized spacial score (nSPS) is 23.2. The zero-order valence-corrected chi connectivity index (χ0v) is 14.8. The Morgan fingerprint density at radius 3 is 2.96 bits per heavy atom. The van der Waals surface area contributed by atoms with Gasteiger partial charge in [-0.05, 0) is 87.6 Å². The molecule has 1 aromatic heterocycles. The summed E-state index contributed by atoms with van der Waals surface area (Å²) in [5.74, 6) is 0.987. The number of aliphatic hydroxyl groups excluding tert-OH is 1. The van der Waals surface area contributed by atoms with E-state index in [1.165, 1.54) is 67.2 Å². The number of likely N-dealkylation sites (tertiary alicyclic amines) is 1. The number of aryl methyl sites for hydroxylation is 1. The molecule has 1 aliphatic heterocycles. The smallest absolute Gasteiger partial charge is 0.0515 e. The van der Waals surface area contributed by atoms with Gasteiger partial charge in [-0.1, -0.05) is 6.07 Å². The molecule has 4 rings (SSSR count). The van der Waals surface area contributed by atoms with E-state index in [0.717, 1.165) is 24.8 Å². The molecule has 2 fully saturated rings. The van der Waals surface area contributed by atoms with Gasteiger partial charge in [-0.15, -0.1) is 0 Å². The number of hydrogen-bond acceptors (Lipinski definition) is 2. The Morgan fingerprint density at radius 2 is 2.17 bits per heavy atom. The lowest BCUT2D eigenvalue weighted by atomic mass is 10.00. The predicted molar refractivity (Wildman–Crippen MR) is 99.3 cm³/mol. The zero-order chi connectivity index (χ0) is 16.5. The van der Waals surface area contributed by atoms with Crippen molar-refractivity contribution in [3.8, 4) is 0 Å². The molecule has 1 saturated heterocycles. The third-order valence-electron chi connectivity index (χ3n) is 5.83. The van der Waals surface area contributed by atoms with E-state index >= 15 is 0 Å². The van der Waals surface area contributed by atoms with Crippen molar-refractivity contribution >= 4 is 10.9 Å². The van der Waals surface area contributed by atoms with Gasteiger partial charge in [0.15, 0.2) is 0 Å². The first kappa shape index (κ1) is 16.2. The molecular weight excluding hydrogens is 296 g/mol. The van der Waals surface area contributed by atoms with E-state index in [2.05, 4.69) is 34.3 Å². The van der Waals surface area contributed by atoms with Gasteiger partial charge in [-0.2, -0.15) is 0 Å². The minimum atomic E-state index is -0.221. The van der Waals surface area contributed by atoms with Crippen molar-refractivity contribution in [1.82, 2.24) is 9.88 Å². The van der Waals surface area contributed by atoms with Gasteiger partial charge in [0.25, 0.3) is 0 Å². The average molecular weight is 326 g/mol. The third kappa shape index (κ3) is 3.68. The largest absolute Gasteiger partial charge is 0.393 e. The zero-order valence-electron chi connectivity index (χ0n) is 14.8. The monoisotopic (exact) mass is 326 g/mol. The van der Waals surface area contributed by atoms with Crippen LogP contribution in [0, 0.1) is 5.92 Å². The van der Waals surface area contributed by atoms with Crippen LogP contribution in [-0.2, 0) is 12.8 Å². The molecule has 2 aromatic rings. The van der Waals surface area contributed by atoms with Crippen LogP contribution in [-0.4, -0.2) is 40.2 Å². The number of rotatable bonds is 7. The molecular formula is C21H30N2O. The van der Waals surface area contributed by atoms with E-state index < -0.39 is 0 Å². The number of benzene rings is 1. The third-order valence-corrected chi connectivity index (χ3v) is 5.83. The van der Waals surface area contributed by atoms with Crippen LogP contribution in [0.1, 0.15) is 50.2 Å². The molecule has 0 spiro atoms. The first-order chi connectivity index (χ1) is 11.7. The lowest BCUT2D eigenvalue weighted by Crippen LogP contribution is -2.32. The van der Waals surface area contributed by atoms with Crippen molar-refractivity contribution in [3.63, 3.8) is 0 Å². The molecule has 0 amide bonds. The predicted octanol–water partition coefficient (Wildman–Crippen LogP) is 3.90. The highest BCUT2D eigenvalue weighted by Crippen LogP contribution is 2.33. The number of aromatic nitrogens is 1. The maximum atomic E-state index is 9.53. The SMILES string of the molecule is CC(O)CCc1ccc2[nH]cc(C[C@H]3CCCN3CC3CC3)c2c1. The Balaban J connectivity index is 1.49. The van der Waals surface area contributed by atoms with Crippen LogP contribution >= 0.6 is 0 Å². The fraction of sp³-hybridized carbons (Fsp3) is 0.619. The highest BCUT2D eigenvalue weighted by Gasteiger charge is 2.31. The number of aromatic amines is 1. The molecule has 1 aliphatic carbocycles. The number of aliphatic hydroxyl groups is 1. The Hall–Kier alpha value is -1.32. The highest BCUT2D eigenvalue weighted by atomic mass is 16.3. The summed E-state index contributed by atoms with van der Waals surface area (Å²) in [5.41, 5.74) is 4.06. The van der Waals surface area contributed by atoms with Crippen molar-refractivity contribution in [3.05, 3.63) is 35.5 Å². The maximum absolute atomic E-state index is 9.53. The standard InChI is InChI=1S/C21H30N2O/c1-15(24)4-5-16-8-9-21-20(11-16)18(13-22-21)12-19-3-2-10-23(19)14-17-6-7-17/h8-9,11,13,15,17,19,22,24H,2-7,10,12,14H2,1H3/t15?,19-/m1/s1. The summed E-state index contributed by atoms with van der Waals surface area (Å²) in [6.07, 6.45) is 10.6. The van der Waals surface area contributed by atoms with Gasteiger partial charge in [0, 0.05) is 29.7 Å². The van der Waals surface area contributed by atoms with E-state index in [9.17, 15) is 5.11 Å². The first-order valence-corrected chi connectivity index (χ1v) is 9.70. The number of H-pyrrole nitrogens is 1. The van der Waals surface area contributed by atoms with Crippen LogP contribution in [0.5, 0.6) is 0 Å². The number of hydrogen-bond donors (Lipinski definition) is 2. The molecule has 2 atom stereocenters. The Morgan fingerprint density at radius 1 is 1.29 bits per heavy atom. The minimum absolute atomic E-state index is 0.221. The summed E-state index contributed by atoms with van der Waals surface area (Å²) in [4.78, 5) is 6.20. The topological polar surface area (TPSA) is 39.3 Å². The molecule has 1 unspecified atom stereocenters. The van der Waals surface area contributed by atoms with Gasteiger partial charge in [0.1, 0.15) is 0 Å². The molecule has 2 heterocycles. The fourth-order valence-electron chi connectivity index (χ4n) is 4.18. The van der Waals surface area contributed by atoms with Crippen LogP contribution < -0.4 is 0 Å². The molecule has 1 aromatic carbocycles. The Labute approximate surface area is 145 Å². The molecule has 2 aliphatic rings. The second-order valence-corrected chi connectivity index (χ2v) is 8.02. The van der Waals surface area contributed by atoms with Crippen molar-refractivity contribution < 1.29 is 5.11 Å². The van der Waals surface area contributed by atoms with Crippen LogP contribution in [0.25, 0.3) is 10.9 Å². The summed E-state index contributed by atoms with van der Waals surface area (Å²) >= 11 is 0. The van der Waals surface area contributed by atoms with E-state index in [1.807, 2.05) is 6.92 Å². The van der Waals surface area contributed by atoms with Crippen molar-refractivity contribution in [2.24, 2.45) is 5.92 Å². The average Bonchev–Trinajstić information content (AvgIpc) is 3.14. The van der Waals surface area contributed by atoms with Gasteiger partial charge in [-0.3, -0.25) is 4.90 Å². The van der Waals surface area contributed by atoms with Crippen LogP contribution in [0.3, 0.4) is 0 Å². The molecule has 3 nitrogen and oxygen atoms in total. The van der Waals surface area contributed by atoms with E-state index in [1.54, 1.807) is 0 Å². The summed E-state index contributed by atoms with van der Waals surface area (Å²) in [5, 5.41) is 10.9. The van der Waals surface area contributed by atoms with Crippen molar-refractivity contribution in [2.45, 2.75) is 64.0 Å². The van der Waals surface area contributed by atoms with E-state index in [0.29, 0.717) is 0 Å². The summed E-state index contributed by atoms with van der Waals surface area (Å²) in [6.45, 7) is 4.49. The molecule has 2 N–H and O–H groups in total. The van der Waals surface area contributed by atoms with Gasteiger partial charge in [0.2, 0.25) is 0 Å². The Bertz CT molecular complexity index is 686. The maximum Gasteiger partial charge on any atom is 0.0515 e. The van der Waals surface area contributed by atoms with E-state index in [4.69, 9.17) is 0 Å². The lowest BCUT2D eigenvalue weighted by Gasteiger charge is -2.24. The van der Waals surface area contributed by atoms with Crippen LogP contribution in [0.2, 0.25) is 0 Å². The van der Waals surface area contributed by atoms with Gasteiger partial charge < -0.3 is 10.1 Å². The highest BCUT2D eigenvalue weighted by molar-refractivity contribution is 5.84. The molecule has 1 saturated carbocycles. The van der Waals surface area contributed by atoms with Crippen LogP contribution in [0.15, 0.2) is 24.4 Å². The van der Waals surface area contributed by atoms with Gasteiger partial charge in [-0.25, -0.2) is 0 Å². The number of nitrogens with one attached hydrogen (secondary N) is 1. The van der Waals surface area contributed by atoms with E-state index in [-0.39, 0.29) is 6.10 Å². The molecule has 0 radical (unpaired) electrons. The van der Waals surface area contributed by atoms with Crippen LogP contribution in [0.4, 0.5) is 0 Å².